The molecule has 0 amide bonds. The van der Waals surface area contributed by atoms with Gasteiger partial charge in [0.1, 0.15) is 4.88 Å². The molecular formula is C10H7BrO2S. The molecule has 0 saturated heterocycles. The Morgan fingerprint density at radius 3 is 2.79 bits per heavy atom. The molecule has 4 heteroatoms. The van der Waals surface area contributed by atoms with Gasteiger partial charge < -0.3 is 5.11 Å². The van der Waals surface area contributed by atoms with E-state index in [0.717, 1.165) is 20.1 Å². The predicted molar refractivity (Wildman–Crippen MR) is 61.2 cm³/mol. The normalized spacial score (nSPS) is 10.7. The Balaban J connectivity index is 2.76. The fourth-order valence-corrected chi connectivity index (χ4v) is 2.93. The monoisotopic (exact) mass is 270 g/mol. The van der Waals surface area contributed by atoms with Crippen molar-refractivity contribution in [2.45, 2.75) is 6.92 Å². The highest BCUT2D eigenvalue weighted by molar-refractivity contribution is 9.10. The Labute approximate surface area is 93.3 Å². The number of hydrogen-bond donors (Lipinski definition) is 1. The fraction of sp³-hybridized carbons (Fsp3) is 0.100. The summed E-state index contributed by atoms with van der Waals surface area (Å²) in [6.07, 6.45) is 0. The molecule has 14 heavy (non-hydrogen) atoms. The Morgan fingerprint density at radius 1 is 1.43 bits per heavy atom. The molecule has 0 radical (unpaired) electrons. The SMILES string of the molecule is Cc1cc(Br)cc2cc(C(=O)O)sc12. The van der Waals surface area contributed by atoms with Crippen LogP contribution in [-0.4, -0.2) is 11.1 Å². The first-order valence-electron chi connectivity index (χ1n) is 4.01. The van der Waals surface area contributed by atoms with Crippen LogP contribution in [0.5, 0.6) is 0 Å². The highest BCUT2D eigenvalue weighted by Crippen LogP contribution is 2.31. The second-order valence-corrected chi connectivity index (χ2v) is 5.02. The summed E-state index contributed by atoms with van der Waals surface area (Å²) < 4.78 is 2.03. The smallest absolute Gasteiger partial charge is 0.345 e. The van der Waals surface area contributed by atoms with Gasteiger partial charge in [-0.05, 0) is 36.1 Å². The summed E-state index contributed by atoms with van der Waals surface area (Å²) in [6.45, 7) is 1.98. The van der Waals surface area contributed by atoms with E-state index >= 15 is 0 Å². The lowest BCUT2D eigenvalue weighted by molar-refractivity contribution is 0.0702. The van der Waals surface area contributed by atoms with Gasteiger partial charge in [-0.25, -0.2) is 4.79 Å². The number of carbonyl (C=O) groups is 1. The lowest BCUT2D eigenvalue weighted by Gasteiger charge is -1.95. The van der Waals surface area contributed by atoms with E-state index in [0.29, 0.717) is 4.88 Å². The number of fused-ring (bicyclic) bond motifs is 1. The van der Waals surface area contributed by atoms with Crippen LogP contribution >= 0.6 is 27.3 Å². The van der Waals surface area contributed by atoms with Crippen molar-refractivity contribution in [2.24, 2.45) is 0 Å². The Bertz CT molecular complexity index is 516. The summed E-state index contributed by atoms with van der Waals surface area (Å²) in [6, 6.07) is 5.63. The van der Waals surface area contributed by atoms with Gasteiger partial charge in [-0.15, -0.1) is 11.3 Å². The third kappa shape index (κ3) is 1.55. The zero-order valence-electron chi connectivity index (χ0n) is 7.37. The zero-order valence-corrected chi connectivity index (χ0v) is 9.78. The summed E-state index contributed by atoms with van der Waals surface area (Å²) in [4.78, 5) is 11.2. The molecule has 1 aromatic carbocycles. The Morgan fingerprint density at radius 2 is 2.14 bits per heavy atom. The highest BCUT2D eigenvalue weighted by Gasteiger charge is 2.10. The van der Waals surface area contributed by atoms with Crippen LogP contribution in [0.4, 0.5) is 0 Å². The minimum atomic E-state index is -0.860. The van der Waals surface area contributed by atoms with Gasteiger partial charge in [0.15, 0.2) is 0 Å². The van der Waals surface area contributed by atoms with E-state index in [4.69, 9.17) is 5.11 Å². The molecule has 0 spiro atoms. The van der Waals surface area contributed by atoms with Gasteiger partial charge in [0, 0.05) is 9.17 Å². The molecule has 1 aromatic heterocycles. The van der Waals surface area contributed by atoms with Crippen molar-refractivity contribution < 1.29 is 9.90 Å². The van der Waals surface area contributed by atoms with Crippen LogP contribution in [0.1, 0.15) is 15.2 Å². The van der Waals surface area contributed by atoms with Gasteiger partial charge in [-0.2, -0.15) is 0 Å². The zero-order chi connectivity index (χ0) is 10.3. The highest BCUT2D eigenvalue weighted by atomic mass is 79.9. The maximum absolute atomic E-state index is 10.8. The average molecular weight is 271 g/mol. The first-order valence-corrected chi connectivity index (χ1v) is 5.62. The number of carboxylic acids is 1. The van der Waals surface area contributed by atoms with E-state index in [-0.39, 0.29) is 0 Å². The largest absolute Gasteiger partial charge is 0.477 e. The van der Waals surface area contributed by atoms with Gasteiger partial charge in [0.05, 0.1) is 0 Å². The standard InChI is InChI=1S/C10H7BrO2S/c1-5-2-7(11)3-6-4-8(10(12)13)14-9(5)6/h2-4H,1H3,(H,12,13). The van der Waals surface area contributed by atoms with Crippen LogP contribution in [0.2, 0.25) is 0 Å². The number of thiophene rings is 1. The topological polar surface area (TPSA) is 37.3 Å². The lowest BCUT2D eigenvalue weighted by atomic mass is 10.2. The summed E-state index contributed by atoms with van der Waals surface area (Å²) in [5.41, 5.74) is 1.10. The molecule has 0 aliphatic rings. The summed E-state index contributed by atoms with van der Waals surface area (Å²) >= 11 is 4.71. The molecule has 72 valence electrons. The second kappa shape index (κ2) is 3.37. The number of aromatic carboxylic acids is 1. The minimum absolute atomic E-state index is 0.390. The first kappa shape index (κ1) is 9.68. The minimum Gasteiger partial charge on any atom is -0.477 e. The summed E-state index contributed by atoms with van der Waals surface area (Å²) in [5, 5.41) is 9.83. The van der Waals surface area contributed by atoms with Crippen molar-refractivity contribution in [2.75, 3.05) is 0 Å². The number of benzene rings is 1. The molecule has 2 aromatic rings. The van der Waals surface area contributed by atoms with E-state index in [9.17, 15) is 4.79 Å². The molecule has 0 atom stereocenters. The van der Waals surface area contributed by atoms with Crippen LogP contribution in [-0.2, 0) is 0 Å². The average Bonchev–Trinajstić information content (AvgIpc) is 2.47. The molecule has 2 nitrogen and oxygen atoms in total. The number of rotatable bonds is 1. The molecular weight excluding hydrogens is 264 g/mol. The summed E-state index contributed by atoms with van der Waals surface area (Å²) in [5.74, 6) is -0.860. The maximum Gasteiger partial charge on any atom is 0.345 e. The molecule has 2 rings (SSSR count). The van der Waals surface area contributed by atoms with Gasteiger partial charge in [-0.1, -0.05) is 15.9 Å². The molecule has 1 heterocycles. The summed E-state index contributed by atoms with van der Waals surface area (Å²) in [7, 11) is 0. The van der Waals surface area contributed by atoms with Crippen LogP contribution < -0.4 is 0 Å². The quantitative estimate of drug-likeness (QED) is 0.859. The molecule has 0 unspecified atom stereocenters. The molecule has 0 fully saturated rings. The van der Waals surface area contributed by atoms with Crippen LogP contribution in [0.25, 0.3) is 10.1 Å². The van der Waals surface area contributed by atoms with E-state index in [1.807, 2.05) is 19.1 Å². The lowest BCUT2D eigenvalue weighted by Crippen LogP contribution is -1.89. The molecule has 0 saturated carbocycles. The van der Waals surface area contributed by atoms with Gasteiger partial charge in [0.2, 0.25) is 0 Å². The van der Waals surface area contributed by atoms with Crippen LogP contribution in [0.15, 0.2) is 22.7 Å². The van der Waals surface area contributed by atoms with Crippen LogP contribution in [0.3, 0.4) is 0 Å². The molecule has 1 N–H and O–H groups in total. The third-order valence-corrected chi connectivity index (χ3v) is 3.71. The number of hydrogen-bond acceptors (Lipinski definition) is 2. The molecule has 0 bridgehead atoms. The maximum atomic E-state index is 10.8. The Kier molecular flexibility index (Phi) is 2.33. The third-order valence-electron chi connectivity index (χ3n) is 1.98. The van der Waals surface area contributed by atoms with Crippen molar-refractivity contribution in [1.29, 1.82) is 0 Å². The molecule has 0 aliphatic heterocycles. The van der Waals surface area contributed by atoms with Crippen LogP contribution in [0, 0.1) is 6.92 Å². The van der Waals surface area contributed by atoms with Gasteiger partial charge in [0.25, 0.3) is 0 Å². The van der Waals surface area contributed by atoms with Gasteiger partial charge >= 0.3 is 5.97 Å². The fourth-order valence-electron chi connectivity index (χ4n) is 1.39. The van der Waals surface area contributed by atoms with E-state index in [1.54, 1.807) is 6.07 Å². The predicted octanol–water partition coefficient (Wildman–Crippen LogP) is 3.67. The van der Waals surface area contributed by atoms with E-state index < -0.39 is 5.97 Å². The van der Waals surface area contributed by atoms with E-state index in [1.165, 1.54) is 11.3 Å². The second-order valence-electron chi connectivity index (χ2n) is 3.06. The van der Waals surface area contributed by atoms with Crippen molar-refractivity contribution in [3.05, 3.63) is 33.1 Å². The number of carboxylic acid groups (broad SMARTS) is 1. The molecule has 0 aliphatic carbocycles. The number of halogens is 1. The Hall–Kier alpha value is -0.870. The van der Waals surface area contributed by atoms with Crippen molar-refractivity contribution in [3.63, 3.8) is 0 Å². The van der Waals surface area contributed by atoms with E-state index in [2.05, 4.69) is 15.9 Å². The van der Waals surface area contributed by atoms with Crippen molar-refractivity contribution >= 4 is 43.3 Å². The first-order chi connectivity index (χ1) is 6.58. The van der Waals surface area contributed by atoms with Crippen molar-refractivity contribution in [1.82, 2.24) is 0 Å². The van der Waals surface area contributed by atoms with Gasteiger partial charge in [-0.3, -0.25) is 0 Å². The number of aryl methyl sites for hydroxylation is 1. The van der Waals surface area contributed by atoms with Crippen molar-refractivity contribution in [3.8, 4) is 0 Å².